The largest absolute Gasteiger partial charge is 0.497 e. The first-order valence-electron chi connectivity index (χ1n) is 9.17. The fraction of sp³-hybridized carbons (Fsp3) is 0.136. The average Bonchev–Trinajstić information content (AvgIpc) is 3.06. The Kier molecular flexibility index (Phi) is 5.61. The van der Waals surface area contributed by atoms with E-state index >= 15 is 0 Å². The van der Waals surface area contributed by atoms with Crippen LogP contribution in [0.25, 0.3) is 22.2 Å². The summed E-state index contributed by atoms with van der Waals surface area (Å²) in [5, 5.41) is 9.11. The molecule has 1 N–H and O–H groups in total. The number of carbonyl (C=O) groups is 1. The molecule has 152 valence electrons. The zero-order chi connectivity index (χ0) is 21.3. The van der Waals surface area contributed by atoms with Gasteiger partial charge in [0.25, 0.3) is 0 Å². The molecule has 0 fully saturated rings. The van der Waals surface area contributed by atoms with Gasteiger partial charge < -0.3 is 10.1 Å². The molecule has 0 bridgehead atoms. The monoisotopic (exact) mass is 440 g/mol. The predicted octanol–water partition coefficient (Wildman–Crippen LogP) is 5.36. The van der Waals surface area contributed by atoms with Crippen molar-refractivity contribution >= 4 is 45.8 Å². The van der Waals surface area contributed by atoms with Gasteiger partial charge >= 0.3 is 0 Å². The van der Waals surface area contributed by atoms with Crippen LogP contribution in [0.3, 0.4) is 0 Å². The fourth-order valence-corrected chi connectivity index (χ4v) is 3.78. The van der Waals surface area contributed by atoms with Crippen molar-refractivity contribution in [1.82, 2.24) is 14.8 Å². The molecule has 0 atom stereocenters. The number of rotatable bonds is 5. The first-order chi connectivity index (χ1) is 14.5. The summed E-state index contributed by atoms with van der Waals surface area (Å²) in [5.41, 5.74) is 3.93. The van der Waals surface area contributed by atoms with Crippen LogP contribution < -0.4 is 10.1 Å². The number of aryl methyl sites for hydroxylation is 1. The highest BCUT2D eigenvalue weighted by atomic mass is 35.5. The van der Waals surface area contributed by atoms with E-state index in [1.54, 1.807) is 36.2 Å². The number of fused-ring (bicyclic) bond motifs is 1. The molecule has 4 rings (SSSR count). The molecule has 4 aromatic rings. The van der Waals surface area contributed by atoms with Crippen molar-refractivity contribution in [3.05, 3.63) is 70.5 Å². The number of ether oxygens (including phenoxy) is 1. The standard InChI is InChI=1S/C22H18Cl2N4O2/c1-13-21-17(14-3-6-16(30-2)7-4-14)9-10-25-22(21)28(27-13)12-20(29)26-19-8-5-15(23)11-18(19)24/h3-11H,12H2,1-2H3,(H,26,29). The number of hydrogen-bond donors (Lipinski definition) is 1. The molecule has 2 heterocycles. The van der Waals surface area contributed by atoms with Crippen molar-refractivity contribution in [3.63, 3.8) is 0 Å². The summed E-state index contributed by atoms with van der Waals surface area (Å²) >= 11 is 12.1. The Bertz CT molecular complexity index is 1240. The number of halogens is 2. The molecule has 0 aliphatic carbocycles. The van der Waals surface area contributed by atoms with E-state index in [0.717, 1.165) is 28.0 Å². The highest BCUT2D eigenvalue weighted by molar-refractivity contribution is 6.36. The minimum atomic E-state index is -0.264. The summed E-state index contributed by atoms with van der Waals surface area (Å²) in [6, 6.07) is 14.6. The first-order valence-corrected chi connectivity index (χ1v) is 9.93. The predicted molar refractivity (Wildman–Crippen MR) is 119 cm³/mol. The van der Waals surface area contributed by atoms with E-state index in [9.17, 15) is 4.79 Å². The number of amides is 1. The minimum absolute atomic E-state index is 0.00234. The van der Waals surface area contributed by atoms with E-state index in [2.05, 4.69) is 15.4 Å². The van der Waals surface area contributed by atoms with Gasteiger partial charge in [-0.3, -0.25) is 4.79 Å². The molecule has 2 aromatic carbocycles. The minimum Gasteiger partial charge on any atom is -0.497 e. The molecule has 0 aliphatic heterocycles. The third-order valence-electron chi connectivity index (χ3n) is 4.71. The van der Waals surface area contributed by atoms with Crippen LogP contribution in [0.2, 0.25) is 10.0 Å². The van der Waals surface area contributed by atoms with Crippen molar-refractivity contribution in [3.8, 4) is 16.9 Å². The van der Waals surface area contributed by atoms with Gasteiger partial charge in [-0.15, -0.1) is 0 Å². The fourth-order valence-electron chi connectivity index (χ4n) is 3.32. The Morgan fingerprint density at radius 1 is 1.13 bits per heavy atom. The Hall–Kier alpha value is -3.09. The summed E-state index contributed by atoms with van der Waals surface area (Å²) in [7, 11) is 1.64. The second-order valence-electron chi connectivity index (χ2n) is 6.70. The first kappa shape index (κ1) is 20.2. The van der Waals surface area contributed by atoms with E-state index in [-0.39, 0.29) is 12.5 Å². The van der Waals surface area contributed by atoms with Crippen molar-refractivity contribution in [1.29, 1.82) is 0 Å². The van der Waals surface area contributed by atoms with Crippen LogP contribution in [-0.4, -0.2) is 27.8 Å². The molecular weight excluding hydrogens is 423 g/mol. The number of nitrogens with zero attached hydrogens (tertiary/aromatic N) is 3. The lowest BCUT2D eigenvalue weighted by Crippen LogP contribution is -2.20. The zero-order valence-electron chi connectivity index (χ0n) is 16.3. The van der Waals surface area contributed by atoms with Crippen molar-refractivity contribution < 1.29 is 9.53 Å². The van der Waals surface area contributed by atoms with E-state index < -0.39 is 0 Å². The van der Waals surface area contributed by atoms with Gasteiger partial charge in [-0.25, -0.2) is 9.67 Å². The highest BCUT2D eigenvalue weighted by Crippen LogP contribution is 2.31. The van der Waals surface area contributed by atoms with Crippen LogP contribution in [0.1, 0.15) is 5.69 Å². The van der Waals surface area contributed by atoms with Gasteiger partial charge in [-0.05, 0) is 54.4 Å². The molecule has 0 radical (unpaired) electrons. The second kappa shape index (κ2) is 8.34. The van der Waals surface area contributed by atoms with Crippen molar-refractivity contribution in [2.24, 2.45) is 0 Å². The van der Waals surface area contributed by atoms with Crippen LogP contribution in [0.5, 0.6) is 5.75 Å². The number of hydrogen-bond acceptors (Lipinski definition) is 4. The molecule has 30 heavy (non-hydrogen) atoms. The second-order valence-corrected chi connectivity index (χ2v) is 7.54. The summed E-state index contributed by atoms with van der Waals surface area (Å²) in [6.45, 7) is 1.91. The molecule has 6 nitrogen and oxygen atoms in total. The summed E-state index contributed by atoms with van der Waals surface area (Å²) < 4.78 is 6.83. The van der Waals surface area contributed by atoms with E-state index in [1.807, 2.05) is 37.3 Å². The number of anilines is 1. The number of benzene rings is 2. The molecule has 0 saturated heterocycles. The van der Waals surface area contributed by atoms with Crippen molar-refractivity contribution in [2.75, 3.05) is 12.4 Å². The molecular formula is C22H18Cl2N4O2. The maximum absolute atomic E-state index is 12.6. The van der Waals surface area contributed by atoms with Crippen LogP contribution in [0.15, 0.2) is 54.7 Å². The number of carbonyl (C=O) groups excluding carboxylic acids is 1. The topological polar surface area (TPSA) is 69.0 Å². The SMILES string of the molecule is COc1ccc(-c2ccnc3c2c(C)nn3CC(=O)Nc2ccc(Cl)cc2Cl)cc1. The van der Waals surface area contributed by atoms with Gasteiger partial charge in [-0.2, -0.15) is 5.10 Å². The van der Waals surface area contributed by atoms with E-state index in [0.29, 0.717) is 21.4 Å². The lowest BCUT2D eigenvalue weighted by molar-refractivity contribution is -0.116. The molecule has 0 saturated carbocycles. The lowest BCUT2D eigenvalue weighted by Gasteiger charge is -2.08. The Labute approximate surface area is 183 Å². The van der Waals surface area contributed by atoms with E-state index in [4.69, 9.17) is 27.9 Å². The normalized spacial score (nSPS) is 10.9. The van der Waals surface area contributed by atoms with Gasteiger partial charge in [0.05, 0.1) is 23.5 Å². The smallest absolute Gasteiger partial charge is 0.246 e. The maximum Gasteiger partial charge on any atom is 0.246 e. The number of pyridine rings is 1. The lowest BCUT2D eigenvalue weighted by atomic mass is 10.0. The van der Waals surface area contributed by atoms with Gasteiger partial charge in [-0.1, -0.05) is 35.3 Å². The third kappa shape index (κ3) is 3.97. The van der Waals surface area contributed by atoms with Crippen LogP contribution >= 0.6 is 23.2 Å². The molecule has 0 aliphatic rings. The van der Waals surface area contributed by atoms with Crippen molar-refractivity contribution in [2.45, 2.75) is 13.5 Å². The molecule has 1 amide bonds. The summed E-state index contributed by atoms with van der Waals surface area (Å²) in [5.74, 6) is 0.522. The maximum atomic E-state index is 12.6. The Morgan fingerprint density at radius 2 is 1.90 bits per heavy atom. The molecule has 0 spiro atoms. The van der Waals surface area contributed by atoms with Gasteiger partial charge in [0.1, 0.15) is 12.3 Å². The highest BCUT2D eigenvalue weighted by Gasteiger charge is 2.16. The zero-order valence-corrected chi connectivity index (χ0v) is 17.8. The quantitative estimate of drug-likeness (QED) is 0.453. The van der Waals surface area contributed by atoms with Gasteiger partial charge in [0.2, 0.25) is 5.91 Å². The van der Waals surface area contributed by atoms with Gasteiger partial charge in [0, 0.05) is 16.6 Å². The van der Waals surface area contributed by atoms with Crippen LogP contribution in [0, 0.1) is 6.92 Å². The number of methoxy groups -OCH3 is 1. The molecule has 2 aromatic heterocycles. The number of nitrogens with one attached hydrogen (secondary N) is 1. The average molecular weight is 441 g/mol. The van der Waals surface area contributed by atoms with Gasteiger partial charge in [0.15, 0.2) is 5.65 Å². The third-order valence-corrected chi connectivity index (χ3v) is 5.26. The number of aromatic nitrogens is 3. The van der Waals surface area contributed by atoms with E-state index in [1.165, 1.54) is 0 Å². The van der Waals surface area contributed by atoms with Crippen LogP contribution in [-0.2, 0) is 11.3 Å². The van der Waals surface area contributed by atoms with Crippen LogP contribution in [0.4, 0.5) is 5.69 Å². The molecule has 8 heteroatoms. The summed E-state index contributed by atoms with van der Waals surface area (Å²) in [4.78, 5) is 17.1. The Balaban J connectivity index is 1.64. The Morgan fingerprint density at radius 3 is 2.60 bits per heavy atom. The summed E-state index contributed by atoms with van der Waals surface area (Å²) in [6.07, 6.45) is 1.72. The molecule has 0 unspecified atom stereocenters.